The highest BCUT2D eigenvalue weighted by molar-refractivity contribution is 5.79. The molecule has 0 aliphatic rings. The van der Waals surface area contributed by atoms with Crippen LogP contribution in [-0.4, -0.2) is 49.6 Å². The number of nitrogen functional groups attached to an aromatic ring is 1. The van der Waals surface area contributed by atoms with Crippen LogP contribution in [0.15, 0.2) is 30.7 Å². The van der Waals surface area contributed by atoms with Crippen LogP contribution in [0, 0.1) is 0 Å². The molecule has 0 aliphatic carbocycles. The van der Waals surface area contributed by atoms with Crippen molar-refractivity contribution in [3.8, 4) is 28.3 Å². The van der Waals surface area contributed by atoms with Crippen molar-refractivity contribution in [2.45, 2.75) is 19.6 Å². The normalized spacial score (nSPS) is 12.2. The maximum Gasteiger partial charge on any atom is 0.333 e. The third-order valence-electron chi connectivity index (χ3n) is 3.79. The van der Waals surface area contributed by atoms with Gasteiger partial charge in [0.05, 0.1) is 18.9 Å². The van der Waals surface area contributed by atoms with Crippen LogP contribution < -0.4 is 15.8 Å². The molecule has 148 valence electrons. The summed E-state index contributed by atoms with van der Waals surface area (Å²) < 4.78 is 32.2. The fourth-order valence-electron chi connectivity index (χ4n) is 2.47. The van der Waals surface area contributed by atoms with E-state index < -0.39 is 12.7 Å². The SMILES string of the molecule is COc1cc(-c2nn(C(F)F)cc2-c2ccnc(NC[C@H](C)O)n2)cnc1N. The van der Waals surface area contributed by atoms with E-state index in [0.717, 1.165) is 0 Å². The monoisotopic (exact) mass is 391 g/mol. The summed E-state index contributed by atoms with van der Waals surface area (Å²) in [5, 5.41) is 16.2. The molecule has 0 fully saturated rings. The Morgan fingerprint density at radius 1 is 1.36 bits per heavy atom. The van der Waals surface area contributed by atoms with Gasteiger partial charge in [-0.3, -0.25) is 0 Å². The number of methoxy groups -OCH3 is 1. The largest absolute Gasteiger partial charge is 0.493 e. The van der Waals surface area contributed by atoms with Crippen LogP contribution in [0.4, 0.5) is 20.5 Å². The van der Waals surface area contributed by atoms with Crippen molar-refractivity contribution in [1.29, 1.82) is 0 Å². The van der Waals surface area contributed by atoms with Crippen LogP contribution >= 0.6 is 0 Å². The first-order valence-corrected chi connectivity index (χ1v) is 8.31. The molecule has 0 bridgehead atoms. The van der Waals surface area contributed by atoms with Crippen molar-refractivity contribution in [3.63, 3.8) is 0 Å². The lowest BCUT2D eigenvalue weighted by molar-refractivity contribution is 0.0569. The maximum atomic E-state index is 13.3. The number of aliphatic hydroxyl groups excluding tert-OH is 1. The maximum absolute atomic E-state index is 13.3. The number of pyridine rings is 1. The van der Waals surface area contributed by atoms with Gasteiger partial charge < -0.3 is 20.9 Å². The molecule has 0 radical (unpaired) electrons. The average molecular weight is 391 g/mol. The van der Waals surface area contributed by atoms with Crippen LogP contribution in [0.1, 0.15) is 13.5 Å². The van der Waals surface area contributed by atoms with Gasteiger partial charge in [-0.05, 0) is 19.1 Å². The Hall–Kier alpha value is -3.34. The third-order valence-corrected chi connectivity index (χ3v) is 3.79. The second-order valence-corrected chi connectivity index (χ2v) is 5.96. The van der Waals surface area contributed by atoms with E-state index in [2.05, 4.69) is 25.4 Å². The van der Waals surface area contributed by atoms with Crippen molar-refractivity contribution in [2.75, 3.05) is 24.7 Å². The van der Waals surface area contributed by atoms with Gasteiger partial charge in [0, 0.05) is 36.3 Å². The topological polar surface area (TPSA) is 124 Å². The Morgan fingerprint density at radius 3 is 2.82 bits per heavy atom. The van der Waals surface area contributed by atoms with Gasteiger partial charge in [0.2, 0.25) is 5.95 Å². The highest BCUT2D eigenvalue weighted by Crippen LogP contribution is 2.34. The predicted molar refractivity (Wildman–Crippen MR) is 98.9 cm³/mol. The number of rotatable bonds is 7. The highest BCUT2D eigenvalue weighted by atomic mass is 19.3. The molecule has 3 rings (SSSR count). The number of nitrogens with two attached hydrogens (primary N) is 1. The van der Waals surface area contributed by atoms with E-state index in [4.69, 9.17) is 10.5 Å². The van der Waals surface area contributed by atoms with E-state index in [1.807, 2.05) is 0 Å². The summed E-state index contributed by atoms with van der Waals surface area (Å²) in [6.07, 6.45) is 3.51. The lowest BCUT2D eigenvalue weighted by Gasteiger charge is -2.09. The van der Waals surface area contributed by atoms with E-state index >= 15 is 0 Å². The molecule has 0 spiro atoms. The second kappa shape index (κ2) is 8.13. The Bertz CT molecular complexity index is 962. The number of anilines is 2. The molecule has 0 aliphatic heterocycles. The van der Waals surface area contributed by atoms with Gasteiger partial charge in [-0.1, -0.05) is 0 Å². The molecular formula is C17H19F2N7O2. The van der Waals surface area contributed by atoms with Crippen molar-refractivity contribution < 1.29 is 18.6 Å². The quantitative estimate of drug-likeness (QED) is 0.560. The van der Waals surface area contributed by atoms with Crippen molar-refractivity contribution >= 4 is 11.8 Å². The van der Waals surface area contributed by atoms with E-state index in [9.17, 15) is 13.9 Å². The van der Waals surface area contributed by atoms with Crippen LogP contribution in [0.25, 0.3) is 22.5 Å². The molecule has 9 nitrogen and oxygen atoms in total. The second-order valence-electron chi connectivity index (χ2n) is 5.96. The summed E-state index contributed by atoms with van der Waals surface area (Å²) in [7, 11) is 1.43. The van der Waals surface area contributed by atoms with Gasteiger partial charge >= 0.3 is 6.55 Å². The molecule has 3 aromatic heterocycles. The van der Waals surface area contributed by atoms with Crippen LogP contribution in [0.5, 0.6) is 5.75 Å². The fraction of sp³-hybridized carbons (Fsp3) is 0.294. The standard InChI is InChI=1S/C17H19F2N7O2/c1-9(27)6-23-17-21-4-3-12(24-17)11-8-26(16(18)19)25-14(11)10-5-13(28-2)15(20)22-7-10/h3-5,7-9,16,27H,6H2,1-2H3,(H2,20,22)(H,21,23,24)/t9-/m0/s1. The van der Waals surface area contributed by atoms with E-state index in [1.54, 1.807) is 19.1 Å². The van der Waals surface area contributed by atoms with Crippen LogP contribution in [-0.2, 0) is 0 Å². The van der Waals surface area contributed by atoms with E-state index in [0.29, 0.717) is 27.3 Å². The Morgan fingerprint density at radius 2 is 2.14 bits per heavy atom. The molecule has 4 N–H and O–H groups in total. The van der Waals surface area contributed by atoms with E-state index in [-0.39, 0.29) is 24.0 Å². The minimum atomic E-state index is -2.83. The molecular weight excluding hydrogens is 372 g/mol. The lowest BCUT2D eigenvalue weighted by atomic mass is 10.1. The van der Waals surface area contributed by atoms with E-state index in [1.165, 1.54) is 25.7 Å². The third kappa shape index (κ3) is 4.14. The number of aliphatic hydroxyl groups is 1. The first-order chi connectivity index (χ1) is 13.4. The number of halogens is 2. The van der Waals surface area contributed by atoms with Gasteiger partial charge in [-0.2, -0.15) is 13.9 Å². The number of alkyl halides is 2. The summed E-state index contributed by atoms with van der Waals surface area (Å²) in [6, 6.07) is 3.14. The number of nitrogens with one attached hydrogen (secondary N) is 1. The summed E-state index contributed by atoms with van der Waals surface area (Å²) >= 11 is 0. The van der Waals surface area contributed by atoms with Crippen LogP contribution in [0.2, 0.25) is 0 Å². The zero-order valence-corrected chi connectivity index (χ0v) is 15.2. The highest BCUT2D eigenvalue weighted by Gasteiger charge is 2.20. The van der Waals surface area contributed by atoms with Gasteiger partial charge in [0.1, 0.15) is 5.69 Å². The number of aromatic nitrogens is 5. The number of nitrogens with zero attached hydrogens (tertiary/aromatic N) is 5. The van der Waals surface area contributed by atoms with Crippen molar-refractivity contribution in [2.24, 2.45) is 0 Å². The van der Waals surface area contributed by atoms with Crippen molar-refractivity contribution in [1.82, 2.24) is 24.7 Å². The van der Waals surface area contributed by atoms with Gasteiger partial charge in [0.25, 0.3) is 0 Å². The Labute approximate surface area is 159 Å². The Kier molecular flexibility index (Phi) is 5.64. The zero-order chi connectivity index (χ0) is 20.3. The smallest absolute Gasteiger partial charge is 0.333 e. The predicted octanol–water partition coefficient (Wildman–Crippen LogP) is 2.18. The number of hydrogen-bond acceptors (Lipinski definition) is 8. The molecule has 0 saturated heterocycles. The molecule has 0 aromatic carbocycles. The Balaban J connectivity index is 2.07. The summed E-state index contributed by atoms with van der Waals surface area (Å²) in [5.74, 6) is 0.729. The molecule has 28 heavy (non-hydrogen) atoms. The molecule has 3 heterocycles. The molecule has 0 amide bonds. The summed E-state index contributed by atoms with van der Waals surface area (Å²) in [4.78, 5) is 12.4. The minimum absolute atomic E-state index is 0.174. The van der Waals surface area contributed by atoms with Gasteiger partial charge in [-0.25, -0.2) is 19.6 Å². The van der Waals surface area contributed by atoms with Crippen molar-refractivity contribution in [3.05, 3.63) is 30.7 Å². The summed E-state index contributed by atoms with van der Waals surface area (Å²) in [6.45, 7) is -0.972. The van der Waals surface area contributed by atoms with Gasteiger partial charge in [0.15, 0.2) is 11.6 Å². The number of ether oxygens (including phenoxy) is 1. The minimum Gasteiger partial charge on any atom is -0.493 e. The molecule has 1 atom stereocenters. The summed E-state index contributed by atoms with van der Waals surface area (Å²) in [5.41, 5.74) is 7.14. The number of hydrogen-bond donors (Lipinski definition) is 3. The molecule has 3 aromatic rings. The first kappa shape index (κ1) is 19.4. The van der Waals surface area contributed by atoms with Crippen LogP contribution in [0.3, 0.4) is 0 Å². The fourth-order valence-corrected chi connectivity index (χ4v) is 2.47. The average Bonchev–Trinajstić information content (AvgIpc) is 3.13. The zero-order valence-electron chi connectivity index (χ0n) is 15.2. The van der Waals surface area contributed by atoms with Gasteiger partial charge in [-0.15, -0.1) is 0 Å². The first-order valence-electron chi connectivity index (χ1n) is 8.31. The molecule has 11 heteroatoms. The molecule has 0 unspecified atom stereocenters. The molecule has 0 saturated carbocycles. The lowest BCUT2D eigenvalue weighted by Crippen LogP contribution is -2.16.